The van der Waals surface area contributed by atoms with Crippen molar-refractivity contribution in [3.8, 4) is 0 Å². The van der Waals surface area contributed by atoms with Crippen molar-refractivity contribution >= 4 is 29.5 Å². The van der Waals surface area contributed by atoms with Gasteiger partial charge in [0.2, 0.25) is 11.8 Å². The first-order valence-corrected chi connectivity index (χ1v) is 12.2. The maximum absolute atomic E-state index is 13.8. The number of nitrogens with zero attached hydrogens (tertiary/aromatic N) is 1. The monoisotopic (exact) mass is 497 g/mol. The normalized spacial score (nSPS) is 17.7. The van der Waals surface area contributed by atoms with Crippen LogP contribution >= 0.6 is 11.6 Å². The average molecular weight is 498 g/mol. The van der Waals surface area contributed by atoms with E-state index in [2.05, 4.69) is 5.32 Å². The van der Waals surface area contributed by atoms with E-state index in [1.54, 1.807) is 36.7 Å². The summed E-state index contributed by atoms with van der Waals surface area (Å²) in [5.41, 5.74) is 2.28. The van der Waals surface area contributed by atoms with Gasteiger partial charge >= 0.3 is 6.09 Å². The molecule has 1 aromatic rings. The molecule has 1 aliphatic heterocycles. The lowest BCUT2D eigenvalue weighted by atomic mass is 9.82. The molecular formula is C24H36ClN3O6. The van der Waals surface area contributed by atoms with Crippen LogP contribution in [0.25, 0.3) is 0 Å². The number of likely N-dealkylation sites (tertiary alicyclic amines) is 1. The summed E-state index contributed by atoms with van der Waals surface area (Å²) in [5.74, 6) is -2.65. The van der Waals surface area contributed by atoms with Gasteiger partial charge in [0.25, 0.3) is 0 Å². The van der Waals surface area contributed by atoms with Crippen molar-refractivity contribution in [2.45, 2.75) is 71.1 Å². The van der Waals surface area contributed by atoms with Crippen molar-refractivity contribution in [2.75, 3.05) is 19.7 Å². The van der Waals surface area contributed by atoms with Crippen molar-refractivity contribution in [2.24, 2.45) is 5.92 Å². The van der Waals surface area contributed by atoms with Gasteiger partial charge in [0, 0.05) is 31.1 Å². The maximum atomic E-state index is 13.8. The molecule has 10 heteroatoms. The Morgan fingerprint density at radius 3 is 2.53 bits per heavy atom. The Morgan fingerprint density at radius 1 is 1.21 bits per heavy atom. The second-order valence-corrected chi connectivity index (χ2v) is 9.04. The Morgan fingerprint density at radius 2 is 1.91 bits per heavy atom. The van der Waals surface area contributed by atoms with E-state index in [0.717, 1.165) is 12.8 Å². The van der Waals surface area contributed by atoms with Crippen LogP contribution in [0.15, 0.2) is 24.3 Å². The summed E-state index contributed by atoms with van der Waals surface area (Å²) in [6.07, 6.45) is 1.83. The summed E-state index contributed by atoms with van der Waals surface area (Å²) in [5, 5.41) is 12.5. The summed E-state index contributed by atoms with van der Waals surface area (Å²) in [6, 6.07) is 6.71. The standard InChI is InChI=1S/C24H36ClN3O6/c1-4-19(22(29)27-32)21(17-9-11-18(25)12-10-17)23(30)28-14-6-5-8-20(28)34-24(31)26-13-7-15-33-16(2)3/h9-12,16,19-21,32H,4-8,13-15H2,1-3H3,(H,26,31)(H,27,29)/t19-,20-,21+/m0/s1. The highest BCUT2D eigenvalue weighted by Crippen LogP contribution is 2.33. The number of hydroxylamine groups is 1. The van der Waals surface area contributed by atoms with Crippen LogP contribution in [0.3, 0.4) is 0 Å². The summed E-state index contributed by atoms with van der Waals surface area (Å²) < 4.78 is 11.1. The van der Waals surface area contributed by atoms with E-state index in [9.17, 15) is 19.6 Å². The zero-order valence-corrected chi connectivity index (χ0v) is 20.8. The molecule has 1 aromatic carbocycles. The van der Waals surface area contributed by atoms with Crippen LogP contribution in [-0.4, -0.2) is 60.0 Å². The van der Waals surface area contributed by atoms with Crippen LogP contribution in [0, 0.1) is 5.92 Å². The van der Waals surface area contributed by atoms with Crippen LogP contribution < -0.4 is 10.8 Å². The zero-order chi connectivity index (χ0) is 25.1. The van der Waals surface area contributed by atoms with Gasteiger partial charge in [0.15, 0.2) is 6.23 Å². The minimum absolute atomic E-state index is 0.127. The molecule has 0 spiro atoms. The predicted octanol–water partition coefficient (Wildman–Crippen LogP) is 3.84. The van der Waals surface area contributed by atoms with E-state index in [1.807, 2.05) is 13.8 Å². The number of piperidine rings is 1. The van der Waals surface area contributed by atoms with Crippen LogP contribution in [0.1, 0.15) is 64.4 Å². The minimum Gasteiger partial charge on any atom is -0.425 e. The van der Waals surface area contributed by atoms with Gasteiger partial charge in [-0.05, 0) is 57.2 Å². The van der Waals surface area contributed by atoms with Gasteiger partial charge < -0.3 is 19.7 Å². The Labute approximate surface area is 206 Å². The quantitative estimate of drug-likeness (QED) is 0.243. The molecule has 9 nitrogen and oxygen atoms in total. The van der Waals surface area contributed by atoms with Crippen molar-refractivity contribution in [1.29, 1.82) is 0 Å². The van der Waals surface area contributed by atoms with Gasteiger partial charge in [-0.25, -0.2) is 10.3 Å². The lowest BCUT2D eigenvalue weighted by Gasteiger charge is -2.38. The highest BCUT2D eigenvalue weighted by molar-refractivity contribution is 6.30. The van der Waals surface area contributed by atoms with E-state index in [0.29, 0.717) is 49.5 Å². The predicted molar refractivity (Wildman–Crippen MR) is 127 cm³/mol. The van der Waals surface area contributed by atoms with Gasteiger partial charge in [-0.15, -0.1) is 0 Å². The van der Waals surface area contributed by atoms with Crippen LogP contribution in [0.5, 0.6) is 0 Å². The smallest absolute Gasteiger partial charge is 0.409 e. The average Bonchev–Trinajstić information content (AvgIpc) is 2.82. The molecule has 0 bridgehead atoms. The zero-order valence-electron chi connectivity index (χ0n) is 20.1. The molecule has 0 unspecified atom stereocenters. The van der Waals surface area contributed by atoms with Gasteiger partial charge in [-0.1, -0.05) is 30.7 Å². The second kappa shape index (κ2) is 14.1. The minimum atomic E-state index is -0.866. The number of nitrogens with one attached hydrogen (secondary N) is 2. The maximum Gasteiger partial charge on any atom is 0.409 e. The van der Waals surface area contributed by atoms with Gasteiger partial charge in [-0.3, -0.25) is 14.8 Å². The van der Waals surface area contributed by atoms with Gasteiger partial charge in [0.05, 0.1) is 17.9 Å². The number of hydrogen-bond acceptors (Lipinski definition) is 6. The molecule has 34 heavy (non-hydrogen) atoms. The molecule has 190 valence electrons. The fourth-order valence-electron chi connectivity index (χ4n) is 4.07. The highest BCUT2D eigenvalue weighted by atomic mass is 35.5. The van der Waals surface area contributed by atoms with Crippen molar-refractivity contribution in [3.63, 3.8) is 0 Å². The largest absolute Gasteiger partial charge is 0.425 e. The molecule has 1 fully saturated rings. The third-order valence-corrected chi connectivity index (χ3v) is 6.05. The topological polar surface area (TPSA) is 117 Å². The fourth-order valence-corrected chi connectivity index (χ4v) is 4.20. The molecule has 1 aliphatic rings. The summed E-state index contributed by atoms with van der Waals surface area (Å²) >= 11 is 6.02. The Kier molecular flexibility index (Phi) is 11.6. The van der Waals surface area contributed by atoms with E-state index in [1.165, 1.54) is 4.90 Å². The Balaban J connectivity index is 2.15. The highest BCUT2D eigenvalue weighted by Gasteiger charge is 2.40. The first-order chi connectivity index (χ1) is 16.3. The molecular weight excluding hydrogens is 462 g/mol. The third-order valence-electron chi connectivity index (χ3n) is 5.80. The summed E-state index contributed by atoms with van der Waals surface area (Å²) in [4.78, 5) is 40.1. The number of halogens is 1. The lowest BCUT2D eigenvalue weighted by Crippen LogP contribution is -2.51. The second-order valence-electron chi connectivity index (χ2n) is 8.61. The molecule has 2 rings (SSSR count). The van der Waals surface area contributed by atoms with Crippen LogP contribution in [0.2, 0.25) is 5.02 Å². The fraction of sp³-hybridized carbons (Fsp3) is 0.625. The van der Waals surface area contributed by atoms with Crippen molar-refractivity contribution in [1.82, 2.24) is 15.7 Å². The first-order valence-electron chi connectivity index (χ1n) is 11.8. The molecule has 0 saturated carbocycles. The number of benzene rings is 1. The molecule has 0 radical (unpaired) electrons. The van der Waals surface area contributed by atoms with Crippen molar-refractivity contribution < 1.29 is 29.1 Å². The number of amides is 3. The number of ether oxygens (including phenoxy) is 2. The number of hydrogen-bond donors (Lipinski definition) is 3. The molecule has 0 aliphatic carbocycles. The molecule has 3 atom stereocenters. The van der Waals surface area contributed by atoms with Gasteiger partial charge in [0.1, 0.15) is 0 Å². The van der Waals surface area contributed by atoms with Crippen molar-refractivity contribution in [3.05, 3.63) is 34.9 Å². The third kappa shape index (κ3) is 8.14. The number of rotatable bonds is 11. The van der Waals surface area contributed by atoms with Gasteiger partial charge in [-0.2, -0.15) is 0 Å². The number of alkyl carbamates (subject to hydrolysis) is 1. The summed E-state index contributed by atoms with van der Waals surface area (Å²) in [6.45, 7) is 6.99. The van der Waals surface area contributed by atoms with E-state index in [4.69, 9.17) is 21.1 Å². The van der Waals surface area contributed by atoms with E-state index >= 15 is 0 Å². The lowest BCUT2D eigenvalue weighted by molar-refractivity contribution is -0.151. The Hall–Kier alpha value is -2.36. The van der Waals surface area contributed by atoms with E-state index < -0.39 is 30.1 Å². The number of carbonyl (C=O) groups is 3. The SMILES string of the molecule is CC[C@H](C(=O)NO)[C@H](C(=O)N1CCCC[C@@H]1OC(=O)NCCCOC(C)C)c1ccc(Cl)cc1. The first kappa shape index (κ1) is 27.9. The number of carbonyl (C=O) groups excluding carboxylic acids is 3. The van der Waals surface area contributed by atoms with Crippen LogP contribution in [0.4, 0.5) is 4.79 Å². The Bertz CT molecular complexity index is 804. The molecule has 0 aromatic heterocycles. The summed E-state index contributed by atoms with van der Waals surface area (Å²) in [7, 11) is 0. The molecule has 1 heterocycles. The molecule has 1 saturated heterocycles. The van der Waals surface area contributed by atoms with E-state index in [-0.39, 0.29) is 12.0 Å². The molecule has 3 N–H and O–H groups in total. The van der Waals surface area contributed by atoms with Crippen LogP contribution in [-0.2, 0) is 19.1 Å². The molecule has 3 amide bonds.